The Hall–Kier alpha value is -2.53. The van der Waals surface area contributed by atoms with E-state index in [2.05, 4.69) is 16.5 Å². The molecule has 0 unspecified atom stereocenters. The molecule has 0 radical (unpaired) electrons. The fourth-order valence-corrected chi connectivity index (χ4v) is 4.14. The fourth-order valence-electron chi connectivity index (χ4n) is 3.30. The summed E-state index contributed by atoms with van der Waals surface area (Å²) in [5.74, 6) is 0.306. The molecule has 4 nitrogen and oxygen atoms in total. The Bertz CT molecular complexity index is 902. The summed E-state index contributed by atoms with van der Waals surface area (Å²) in [6, 6.07) is 5.13. The molecule has 1 aromatic heterocycles. The number of anilines is 1. The lowest BCUT2D eigenvalue weighted by atomic mass is 10.0. The van der Waals surface area contributed by atoms with Gasteiger partial charge in [-0.05, 0) is 42.5 Å². The second-order valence-corrected chi connectivity index (χ2v) is 7.81. The molecule has 1 atom stereocenters. The van der Waals surface area contributed by atoms with Crippen LogP contribution in [0.25, 0.3) is 10.4 Å². The van der Waals surface area contributed by atoms with Crippen LogP contribution in [0.5, 0.6) is 0 Å². The average molecular weight is 390 g/mol. The number of thiazole rings is 1. The molecule has 0 amide bonds. The summed E-state index contributed by atoms with van der Waals surface area (Å²) in [7, 11) is 0. The molecular formula is C19H17F3N4S. The number of allylic oxidation sites excluding steroid dienone is 1. The minimum Gasteiger partial charge on any atom is -0.335 e. The quantitative estimate of drug-likeness (QED) is 0.739. The maximum atomic E-state index is 12.7. The van der Waals surface area contributed by atoms with Gasteiger partial charge in [-0.2, -0.15) is 18.4 Å². The lowest BCUT2D eigenvalue weighted by Gasteiger charge is -2.15. The normalized spacial score (nSPS) is 19.1. The summed E-state index contributed by atoms with van der Waals surface area (Å²) >= 11 is 1.42. The first-order chi connectivity index (χ1) is 12.9. The van der Waals surface area contributed by atoms with E-state index in [9.17, 15) is 13.2 Å². The first-order valence-electron chi connectivity index (χ1n) is 8.71. The highest BCUT2D eigenvalue weighted by atomic mass is 32.1. The molecule has 8 heteroatoms. The Morgan fingerprint density at radius 2 is 2.00 bits per heavy atom. The zero-order chi connectivity index (χ0) is 19.0. The van der Waals surface area contributed by atoms with Crippen molar-refractivity contribution in [3.63, 3.8) is 0 Å². The molecule has 1 aliphatic carbocycles. The van der Waals surface area contributed by atoms with E-state index in [-0.39, 0.29) is 0 Å². The van der Waals surface area contributed by atoms with Gasteiger partial charge in [-0.25, -0.2) is 4.98 Å². The Balaban J connectivity index is 1.49. The second-order valence-electron chi connectivity index (χ2n) is 6.78. The molecule has 1 aromatic carbocycles. The summed E-state index contributed by atoms with van der Waals surface area (Å²) < 4.78 is 38.1. The van der Waals surface area contributed by atoms with E-state index in [1.165, 1.54) is 34.7 Å². The standard InChI is InChI=1S/C19H17F3N4S/c20-19(21,22)15-5-3-12(4-6-15)16-9-24-18(27-16)25-17(13-1-2-13)14-7-8-26(10-14)11-23/h3-6,9,14H,1-2,7-8,10H2,(H,24,25)/t14-/m0/s1. The van der Waals surface area contributed by atoms with Gasteiger partial charge in [0.15, 0.2) is 11.3 Å². The zero-order valence-electron chi connectivity index (χ0n) is 14.4. The molecule has 1 aliphatic heterocycles. The van der Waals surface area contributed by atoms with Gasteiger partial charge in [0.25, 0.3) is 0 Å². The summed E-state index contributed by atoms with van der Waals surface area (Å²) in [5.41, 5.74) is 2.61. The maximum absolute atomic E-state index is 12.7. The number of aromatic nitrogens is 1. The van der Waals surface area contributed by atoms with Gasteiger partial charge in [-0.3, -0.25) is 0 Å². The van der Waals surface area contributed by atoms with Crippen molar-refractivity contribution in [2.24, 2.45) is 5.92 Å². The Morgan fingerprint density at radius 3 is 2.59 bits per heavy atom. The molecule has 27 heavy (non-hydrogen) atoms. The van der Waals surface area contributed by atoms with Crippen LogP contribution in [0.4, 0.5) is 18.3 Å². The summed E-state index contributed by atoms with van der Waals surface area (Å²) in [6.45, 7) is 1.49. The molecule has 0 bridgehead atoms. The molecule has 1 saturated carbocycles. The van der Waals surface area contributed by atoms with Crippen molar-refractivity contribution in [3.05, 3.63) is 47.3 Å². The number of likely N-dealkylation sites (tertiary alicyclic amines) is 1. The van der Waals surface area contributed by atoms with Crippen LogP contribution in [-0.4, -0.2) is 23.0 Å². The van der Waals surface area contributed by atoms with Gasteiger partial charge in [0.2, 0.25) is 0 Å². The molecule has 2 heterocycles. The Morgan fingerprint density at radius 1 is 1.26 bits per heavy atom. The topological polar surface area (TPSA) is 52.0 Å². The number of nitrogens with one attached hydrogen (secondary N) is 1. The van der Waals surface area contributed by atoms with E-state index in [0.717, 1.165) is 54.5 Å². The molecule has 2 fully saturated rings. The van der Waals surface area contributed by atoms with E-state index < -0.39 is 11.7 Å². The number of hydrogen-bond donors (Lipinski definition) is 1. The fraction of sp³-hybridized carbons (Fsp3) is 0.368. The van der Waals surface area contributed by atoms with Crippen molar-refractivity contribution in [1.29, 1.82) is 5.26 Å². The number of hydrogen-bond acceptors (Lipinski definition) is 5. The number of alkyl halides is 3. The number of benzene rings is 1. The predicted molar refractivity (Wildman–Crippen MR) is 97.7 cm³/mol. The number of nitriles is 1. The van der Waals surface area contributed by atoms with E-state index in [1.807, 2.05) is 0 Å². The summed E-state index contributed by atoms with van der Waals surface area (Å²) in [5, 5.41) is 13.2. The SMILES string of the molecule is N#CN1CC[C@H](C(Nc2ncc(-c3ccc(C(F)(F)F)cc3)s2)=C2CC2)C1. The first-order valence-corrected chi connectivity index (χ1v) is 9.53. The molecule has 4 rings (SSSR count). The molecule has 2 aromatic rings. The van der Waals surface area contributed by atoms with Crippen LogP contribution in [0.3, 0.4) is 0 Å². The lowest BCUT2D eigenvalue weighted by molar-refractivity contribution is -0.137. The Kier molecular flexibility index (Phi) is 4.56. The highest BCUT2D eigenvalue weighted by molar-refractivity contribution is 7.18. The van der Waals surface area contributed by atoms with Crippen LogP contribution in [0.2, 0.25) is 0 Å². The second kappa shape index (κ2) is 6.89. The number of rotatable bonds is 4. The van der Waals surface area contributed by atoms with Crippen LogP contribution in [0.1, 0.15) is 24.8 Å². The van der Waals surface area contributed by atoms with Crippen molar-refractivity contribution < 1.29 is 13.2 Å². The number of nitrogens with zero attached hydrogens (tertiary/aromatic N) is 3. The monoisotopic (exact) mass is 390 g/mol. The van der Waals surface area contributed by atoms with E-state index in [0.29, 0.717) is 11.5 Å². The van der Waals surface area contributed by atoms with E-state index in [4.69, 9.17) is 5.26 Å². The van der Waals surface area contributed by atoms with Gasteiger partial charge in [0.05, 0.1) is 10.4 Å². The van der Waals surface area contributed by atoms with Gasteiger partial charge in [0, 0.05) is 30.9 Å². The molecule has 1 N–H and O–H groups in total. The van der Waals surface area contributed by atoms with Gasteiger partial charge in [0.1, 0.15) is 0 Å². The van der Waals surface area contributed by atoms with Crippen molar-refractivity contribution in [3.8, 4) is 16.6 Å². The lowest BCUT2D eigenvalue weighted by Crippen LogP contribution is -2.17. The van der Waals surface area contributed by atoms with Crippen LogP contribution in [0.15, 0.2) is 41.7 Å². The third kappa shape index (κ3) is 3.93. The minimum atomic E-state index is -4.33. The van der Waals surface area contributed by atoms with Crippen molar-refractivity contribution >= 4 is 16.5 Å². The van der Waals surface area contributed by atoms with Crippen molar-refractivity contribution in [1.82, 2.24) is 9.88 Å². The maximum Gasteiger partial charge on any atom is 0.416 e. The van der Waals surface area contributed by atoms with E-state index >= 15 is 0 Å². The van der Waals surface area contributed by atoms with Crippen LogP contribution >= 0.6 is 11.3 Å². The zero-order valence-corrected chi connectivity index (χ0v) is 15.2. The summed E-state index contributed by atoms with van der Waals surface area (Å²) in [6.07, 6.45) is 2.64. The molecule has 140 valence electrons. The van der Waals surface area contributed by atoms with Crippen molar-refractivity contribution in [2.45, 2.75) is 25.4 Å². The third-order valence-corrected chi connectivity index (χ3v) is 5.82. The van der Waals surface area contributed by atoms with E-state index in [1.54, 1.807) is 11.1 Å². The molecular weight excluding hydrogens is 373 g/mol. The van der Waals surface area contributed by atoms with Gasteiger partial charge in [-0.15, -0.1) is 0 Å². The molecule has 1 saturated heterocycles. The molecule has 0 spiro atoms. The van der Waals surface area contributed by atoms with Gasteiger partial charge >= 0.3 is 6.18 Å². The predicted octanol–water partition coefficient (Wildman–Crippen LogP) is 5.09. The first kappa shape index (κ1) is 17.9. The van der Waals surface area contributed by atoms with Crippen LogP contribution in [-0.2, 0) is 6.18 Å². The highest BCUT2D eigenvalue weighted by Gasteiger charge is 2.31. The average Bonchev–Trinajstić information content (AvgIpc) is 3.19. The summed E-state index contributed by atoms with van der Waals surface area (Å²) in [4.78, 5) is 6.98. The van der Waals surface area contributed by atoms with Crippen LogP contribution < -0.4 is 5.32 Å². The third-order valence-electron chi connectivity index (χ3n) is 4.86. The van der Waals surface area contributed by atoms with Gasteiger partial charge in [-0.1, -0.05) is 23.5 Å². The largest absolute Gasteiger partial charge is 0.416 e. The van der Waals surface area contributed by atoms with Gasteiger partial charge < -0.3 is 10.2 Å². The number of halogens is 3. The van der Waals surface area contributed by atoms with Crippen molar-refractivity contribution in [2.75, 3.05) is 18.4 Å². The Labute approximate surface area is 158 Å². The van der Waals surface area contributed by atoms with Crippen LogP contribution in [0, 0.1) is 17.4 Å². The molecule has 2 aliphatic rings. The minimum absolute atomic E-state index is 0.306. The highest BCUT2D eigenvalue weighted by Crippen LogP contribution is 2.40. The smallest absolute Gasteiger partial charge is 0.335 e.